The average Bonchev–Trinajstić information content (AvgIpc) is 3.04. The van der Waals surface area contributed by atoms with Crippen molar-refractivity contribution in [3.8, 4) is 0 Å². The summed E-state index contributed by atoms with van der Waals surface area (Å²) in [5.41, 5.74) is 0.902. The maximum atomic E-state index is 14.5. The van der Waals surface area contributed by atoms with Crippen molar-refractivity contribution in [1.29, 1.82) is 0 Å². The van der Waals surface area contributed by atoms with Gasteiger partial charge in [0.15, 0.2) is 0 Å². The van der Waals surface area contributed by atoms with E-state index in [2.05, 4.69) is 17.1 Å². The van der Waals surface area contributed by atoms with Crippen LogP contribution in [0.25, 0.3) is 0 Å². The van der Waals surface area contributed by atoms with Crippen LogP contribution in [0.5, 0.6) is 0 Å². The van der Waals surface area contributed by atoms with Gasteiger partial charge in [0.05, 0.1) is 11.8 Å². The summed E-state index contributed by atoms with van der Waals surface area (Å²) in [6, 6.07) is 4.71. The third kappa shape index (κ3) is 4.30. The molecular formula is C19H28FN3O2. The van der Waals surface area contributed by atoms with Crippen LogP contribution in [0.2, 0.25) is 0 Å². The molecule has 1 heterocycles. The number of aliphatic hydroxyl groups excluding tert-OH is 1. The minimum absolute atomic E-state index is 0.114. The van der Waals surface area contributed by atoms with Crippen molar-refractivity contribution in [1.82, 2.24) is 10.2 Å². The number of rotatable bonds is 5. The Morgan fingerprint density at radius 1 is 1.28 bits per heavy atom. The summed E-state index contributed by atoms with van der Waals surface area (Å²) in [5.74, 6) is -0.512. The molecular weight excluding hydrogens is 321 g/mol. The Morgan fingerprint density at radius 2 is 2.04 bits per heavy atom. The van der Waals surface area contributed by atoms with E-state index in [0.717, 1.165) is 52.0 Å². The molecule has 0 bridgehead atoms. The molecule has 2 unspecified atom stereocenters. The number of aliphatic hydroxyl groups is 1. The average molecular weight is 349 g/mol. The van der Waals surface area contributed by atoms with E-state index in [1.165, 1.54) is 6.07 Å². The van der Waals surface area contributed by atoms with Gasteiger partial charge in [0.1, 0.15) is 5.82 Å². The largest absolute Gasteiger partial charge is 0.393 e. The minimum atomic E-state index is -0.349. The lowest BCUT2D eigenvalue weighted by atomic mass is 10.1. The Balaban J connectivity index is 1.58. The maximum Gasteiger partial charge on any atom is 0.251 e. The standard InChI is InChI=1S/C19H28FN3O2/c1-2-22-8-10-23(11-9-22)17-7-6-14(12-16(17)20)19(25)21-13-15-4-3-5-18(15)24/h6-7,12,15,18,24H,2-5,8-11,13H2,1H3,(H,21,25). The number of carbonyl (C=O) groups excluding carboxylic acids is 1. The highest BCUT2D eigenvalue weighted by Crippen LogP contribution is 2.25. The molecule has 2 aliphatic rings. The number of nitrogens with zero attached hydrogens (tertiary/aromatic N) is 2. The first-order chi connectivity index (χ1) is 12.1. The quantitative estimate of drug-likeness (QED) is 0.852. The van der Waals surface area contributed by atoms with E-state index in [9.17, 15) is 14.3 Å². The van der Waals surface area contributed by atoms with E-state index in [1.54, 1.807) is 12.1 Å². The highest BCUT2D eigenvalue weighted by atomic mass is 19.1. The van der Waals surface area contributed by atoms with Crippen molar-refractivity contribution in [3.63, 3.8) is 0 Å². The van der Waals surface area contributed by atoms with Crippen molar-refractivity contribution in [2.24, 2.45) is 5.92 Å². The molecule has 1 aromatic rings. The van der Waals surface area contributed by atoms with Crippen molar-refractivity contribution in [2.45, 2.75) is 32.3 Å². The fourth-order valence-corrected chi connectivity index (χ4v) is 3.79. The number of carbonyl (C=O) groups is 1. The summed E-state index contributed by atoms with van der Waals surface area (Å²) >= 11 is 0. The second-order valence-electron chi connectivity index (χ2n) is 7.06. The van der Waals surface area contributed by atoms with Gasteiger partial charge in [-0.05, 0) is 37.6 Å². The van der Waals surface area contributed by atoms with Crippen LogP contribution in [-0.2, 0) is 0 Å². The van der Waals surface area contributed by atoms with E-state index < -0.39 is 0 Å². The van der Waals surface area contributed by atoms with Crippen LogP contribution < -0.4 is 10.2 Å². The van der Waals surface area contributed by atoms with Gasteiger partial charge in [0.2, 0.25) is 0 Å². The van der Waals surface area contributed by atoms with Crippen LogP contribution in [0.15, 0.2) is 18.2 Å². The fraction of sp³-hybridized carbons (Fsp3) is 0.632. The molecule has 25 heavy (non-hydrogen) atoms. The number of nitrogens with one attached hydrogen (secondary N) is 1. The van der Waals surface area contributed by atoms with E-state index in [-0.39, 0.29) is 23.7 Å². The highest BCUT2D eigenvalue weighted by molar-refractivity contribution is 5.94. The lowest BCUT2D eigenvalue weighted by molar-refractivity contribution is 0.0916. The molecule has 0 spiro atoms. The summed E-state index contributed by atoms with van der Waals surface area (Å²) < 4.78 is 14.5. The van der Waals surface area contributed by atoms with Gasteiger partial charge in [0.25, 0.3) is 5.91 Å². The normalized spacial score (nSPS) is 24.5. The molecule has 1 aliphatic heterocycles. The van der Waals surface area contributed by atoms with Gasteiger partial charge in [-0.25, -0.2) is 4.39 Å². The molecule has 5 nitrogen and oxygen atoms in total. The van der Waals surface area contributed by atoms with Crippen LogP contribution in [0.3, 0.4) is 0 Å². The first-order valence-corrected chi connectivity index (χ1v) is 9.31. The van der Waals surface area contributed by atoms with Gasteiger partial charge in [-0.15, -0.1) is 0 Å². The number of hydrogen-bond acceptors (Lipinski definition) is 4. The predicted molar refractivity (Wildman–Crippen MR) is 96.4 cm³/mol. The van der Waals surface area contributed by atoms with Gasteiger partial charge in [-0.2, -0.15) is 0 Å². The van der Waals surface area contributed by atoms with Crippen LogP contribution in [0.4, 0.5) is 10.1 Å². The Labute approximate surface area is 148 Å². The topological polar surface area (TPSA) is 55.8 Å². The van der Waals surface area contributed by atoms with E-state index in [4.69, 9.17) is 0 Å². The van der Waals surface area contributed by atoms with Crippen LogP contribution in [0, 0.1) is 11.7 Å². The number of halogens is 1. The molecule has 1 aliphatic carbocycles. The van der Waals surface area contributed by atoms with Crippen molar-refractivity contribution < 1.29 is 14.3 Å². The van der Waals surface area contributed by atoms with Crippen molar-refractivity contribution in [2.75, 3.05) is 44.2 Å². The fourth-order valence-electron chi connectivity index (χ4n) is 3.79. The second-order valence-corrected chi connectivity index (χ2v) is 7.06. The van der Waals surface area contributed by atoms with Gasteiger partial charge in [0, 0.05) is 44.2 Å². The second kappa shape index (κ2) is 8.15. The number of hydrogen-bond donors (Lipinski definition) is 2. The first-order valence-electron chi connectivity index (χ1n) is 9.31. The summed E-state index contributed by atoms with van der Waals surface area (Å²) in [6.45, 7) is 7.07. The lowest BCUT2D eigenvalue weighted by Crippen LogP contribution is -2.46. The molecule has 0 aromatic heterocycles. The number of piperazine rings is 1. The smallest absolute Gasteiger partial charge is 0.251 e. The van der Waals surface area contributed by atoms with E-state index in [0.29, 0.717) is 17.8 Å². The predicted octanol–water partition coefficient (Wildman–Crippen LogP) is 1.86. The molecule has 6 heteroatoms. The van der Waals surface area contributed by atoms with Gasteiger partial charge in [-0.1, -0.05) is 13.3 Å². The van der Waals surface area contributed by atoms with E-state index in [1.807, 2.05) is 4.90 Å². The molecule has 1 aromatic carbocycles. The Morgan fingerprint density at radius 3 is 2.64 bits per heavy atom. The Bertz CT molecular complexity index is 602. The first kappa shape index (κ1) is 18.1. The monoisotopic (exact) mass is 349 g/mol. The summed E-state index contributed by atoms with van der Waals surface area (Å²) in [6.07, 6.45) is 2.39. The van der Waals surface area contributed by atoms with Crippen LogP contribution >= 0.6 is 0 Å². The van der Waals surface area contributed by atoms with Crippen molar-refractivity contribution in [3.05, 3.63) is 29.6 Å². The third-order valence-corrected chi connectivity index (χ3v) is 5.51. The molecule has 0 radical (unpaired) electrons. The molecule has 1 saturated carbocycles. The van der Waals surface area contributed by atoms with Gasteiger partial charge < -0.3 is 20.2 Å². The number of likely N-dealkylation sites (N-methyl/N-ethyl adjacent to an activating group) is 1. The molecule has 2 N–H and O–H groups in total. The maximum absolute atomic E-state index is 14.5. The zero-order valence-electron chi connectivity index (χ0n) is 14.9. The Kier molecular flexibility index (Phi) is 5.91. The summed E-state index contributed by atoms with van der Waals surface area (Å²) in [7, 11) is 0. The molecule has 138 valence electrons. The SMILES string of the molecule is CCN1CCN(c2ccc(C(=O)NCC3CCCC3O)cc2F)CC1. The van der Waals surface area contributed by atoms with E-state index >= 15 is 0 Å². The Hall–Kier alpha value is -1.66. The van der Waals surface area contributed by atoms with Gasteiger partial charge >= 0.3 is 0 Å². The molecule has 3 rings (SSSR count). The zero-order valence-corrected chi connectivity index (χ0v) is 14.9. The third-order valence-electron chi connectivity index (χ3n) is 5.51. The van der Waals surface area contributed by atoms with Crippen LogP contribution in [0.1, 0.15) is 36.5 Å². The lowest BCUT2D eigenvalue weighted by Gasteiger charge is -2.35. The summed E-state index contributed by atoms with van der Waals surface area (Å²) in [4.78, 5) is 16.6. The minimum Gasteiger partial charge on any atom is -0.393 e. The van der Waals surface area contributed by atoms with Gasteiger partial charge in [-0.3, -0.25) is 4.79 Å². The molecule has 2 atom stereocenters. The molecule has 1 saturated heterocycles. The van der Waals surface area contributed by atoms with Crippen molar-refractivity contribution >= 4 is 11.6 Å². The molecule has 1 amide bonds. The highest BCUT2D eigenvalue weighted by Gasteiger charge is 2.26. The summed E-state index contributed by atoms with van der Waals surface area (Å²) in [5, 5.41) is 12.6. The number of benzene rings is 1. The zero-order chi connectivity index (χ0) is 17.8. The number of amides is 1. The van der Waals surface area contributed by atoms with Crippen LogP contribution in [-0.4, -0.2) is 61.3 Å². The molecule has 2 fully saturated rings. The number of anilines is 1.